The summed E-state index contributed by atoms with van der Waals surface area (Å²) in [4.78, 5) is 26.2. The zero-order valence-electron chi connectivity index (χ0n) is 13.4. The van der Waals surface area contributed by atoms with Gasteiger partial charge < -0.3 is 10.1 Å². The first-order valence-electron chi connectivity index (χ1n) is 7.45. The van der Waals surface area contributed by atoms with Crippen molar-refractivity contribution in [3.8, 4) is 5.75 Å². The molecular weight excluding hydrogens is 404 g/mol. The third-order valence-electron chi connectivity index (χ3n) is 3.55. The van der Waals surface area contributed by atoms with Crippen molar-refractivity contribution in [1.29, 1.82) is 0 Å². The van der Waals surface area contributed by atoms with Gasteiger partial charge in [0, 0.05) is 10.2 Å². The van der Waals surface area contributed by atoms with Crippen molar-refractivity contribution >= 4 is 50.6 Å². The van der Waals surface area contributed by atoms with Crippen LogP contribution in [-0.2, 0) is 4.79 Å². The molecule has 3 rings (SSSR count). The molecule has 0 aliphatic carbocycles. The van der Waals surface area contributed by atoms with E-state index in [0.717, 1.165) is 33.2 Å². The van der Waals surface area contributed by atoms with Crippen molar-refractivity contribution < 1.29 is 14.3 Å². The van der Waals surface area contributed by atoms with Gasteiger partial charge in [0.2, 0.25) is 0 Å². The zero-order valence-corrected chi connectivity index (χ0v) is 15.8. The van der Waals surface area contributed by atoms with Crippen LogP contribution in [0, 0.1) is 0 Å². The summed E-state index contributed by atoms with van der Waals surface area (Å²) >= 11 is 4.34. The maximum Gasteiger partial charge on any atom is 0.295 e. The molecule has 2 aromatic carbocycles. The van der Waals surface area contributed by atoms with Crippen LogP contribution in [0.4, 0.5) is 10.5 Å². The number of ether oxygens (including phenoxy) is 1. The predicted molar refractivity (Wildman–Crippen MR) is 103 cm³/mol. The van der Waals surface area contributed by atoms with E-state index >= 15 is 0 Å². The van der Waals surface area contributed by atoms with Gasteiger partial charge in [-0.25, -0.2) is 0 Å². The molecule has 0 bridgehead atoms. The van der Waals surface area contributed by atoms with Gasteiger partial charge in [-0.15, -0.1) is 0 Å². The molecule has 1 saturated heterocycles. The number of anilines is 1. The predicted octanol–water partition coefficient (Wildman–Crippen LogP) is 4.56. The first-order valence-corrected chi connectivity index (χ1v) is 9.06. The maximum absolute atomic E-state index is 12.5. The molecule has 0 saturated carbocycles. The lowest BCUT2D eigenvalue weighted by Crippen LogP contribution is -2.33. The number of thioether (sulfide) groups is 1. The lowest BCUT2D eigenvalue weighted by atomic mass is 10.2. The van der Waals surface area contributed by atoms with E-state index in [-0.39, 0.29) is 17.8 Å². The molecule has 5 nitrogen and oxygen atoms in total. The van der Waals surface area contributed by atoms with Crippen LogP contribution >= 0.6 is 27.7 Å². The quantitative estimate of drug-likeness (QED) is 0.720. The highest BCUT2D eigenvalue weighted by Crippen LogP contribution is 2.32. The van der Waals surface area contributed by atoms with Crippen LogP contribution in [0.2, 0.25) is 0 Å². The SMILES string of the molecule is COc1ccc(NCN2C(=O)S/C(=C/c3cccc(Br)c3)C2=O)cc1. The van der Waals surface area contributed by atoms with Crippen LogP contribution in [0.5, 0.6) is 5.75 Å². The number of halogens is 1. The van der Waals surface area contributed by atoms with Gasteiger partial charge >= 0.3 is 0 Å². The highest BCUT2D eigenvalue weighted by atomic mass is 79.9. The number of nitrogens with one attached hydrogen (secondary N) is 1. The minimum Gasteiger partial charge on any atom is -0.497 e. The second-order valence-electron chi connectivity index (χ2n) is 5.23. The number of hydrogen-bond donors (Lipinski definition) is 1. The second kappa shape index (κ2) is 7.76. The highest BCUT2D eigenvalue weighted by molar-refractivity contribution is 9.10. The summed E-state index contributed by atoms with van der Waals surface area (Å²) in [5.74, 6) is 0.449. The lowest BCUT2D eigenvalue weighted by molar-refractivity contribution is -0.122. The van der Waals surface area contributed by atoms with Gasteiger partial charge in [-0.05, 0) is 59.8 Å². The largest absolute Gasteiger partial charge is 0.497 e. The lowest BCUT2D eigenvalue weighted by Gasteiger charge is -2.14. The van der Waals surface area contributed by atoms with Crippen LogP contribution < -0.4 is 10.1 Å². The molecule has 25 heavy (non-hydrogen) atoms. The normalized spacial score (nSPS) is 15.8. The van der Waals surface area contributed by atoms with E-state index in [1.807, 2.05) is 48.5 Å². The monoisotopic (exact) mass is 418 g/mol. The first-order chi connectivity index (χ1) is 12.1. The fourth-order valence-electron chi connectivity index (χ4n) is 2.26. The zero-order chi connectivity index (χ0) is 17.8. The Morgan fingerprint density at radius 3 is 2.64 bits per heavy atom. The number of methoxy groups -OCH3 is 1. The second-order valence-corrected chi connectivity index (χ2v) is 7.14. The highest BCUT2D eigenvalue weighted by Gasteiger charge is 2.34. The molecule has 7 heteroatoms. The summed E-state index contributed by atoms with van der Waals surface area (Å²) in [7, 11) is 1.60. The average Bonchev–Trinajstić information content (AvgIpc) is 2.87. The minimum absolute atomic E-state index is 0.118. The fraction of sp³-hybridized carbons (Fsp3) is 0.111. The Hall–Kier alpha value is -2.25. The van der Waals surface area contributed by atoms with Gasteiger partial charge in [-0.1, -0.05) is 28.1 Å². The third kappa shape index (κ3) is 4.24. The third-order valence-corrected chi connectivity index (χ3v) is 4.95. The number of benzene rings is 2. The Bertz CT molecular complexity index is 836. The first kappa shape index (κ1) is 17.6. The standard InChI is InChI=1S/C18H15BrN2O3S/c1-24-15-7-5-14(6-8-15)20-11-21-17(22)16(25-18(21)23)10-12-3-2-4-13(19)9-12/h2-10,20H,11H2,1H3/b16-10+. The summed E-state index contributed by atoms with van der Waals surface area (Å²) < 4.78 is 6.02. The Morgan fingerprint density at radius 1 is 1.20 bits per heavy atom. The molecule has 0 radical (unpaired) electrons. The molecule has 1 aliphatic rings. The molecule has 0 aromatic heterocycles. The van der Waals surface area contributed by atoms with Gasteiger partial charge in [0.25, 0.3) is 11.1 Å². The van der Waals surface area contributed by atoms with E-state index in [9.17, 15) is 9.59 Å². The van der Waals surface area contributed by atoms with E-state index in [1.54, 1.807) is 13.2 Å². The van der Waals surface area contributed by atoms with E-state index in [1.165, 1.54) is 4.90 Å². The Balaban J connectivity index is 1.68. The molecule has 128 valence electrons. The average molecular weight is 419 g/mol. The Morgan fingerprint density at radius 2 is 1.96 bits per heavy atom. The number of imide groups is 1. The summed E-state index contributed by atoms with van der Waals surface area (Å²) in [5.41, 5.74) is 1.67. The number of carbonyl (C=O) groups excluding carboxylic acids is 2. The van der Waals surface area contributed by atoms with Crippen molar-refractivity contribution in [3.05, 3.63) is 63.5 Å². The van der Waals surface area contributed by atoms with Crippen molar-refractivity contribution in [3.63, 3.8) is 0 Å². The molecule has 1 N–H and O–H groups in total. The van der Waals surface area contributed by atoms with Crippen LogP contribution in [0.1, 0.15) is 5.56 Å². The van der Waals surface area contributed by atoms with Gasteiger partial charge in [-0.3, -0.25) is 14.5 Å². The maximum atomic E-state index is 12.5. The topological polar surface area (TPSA) is 58.6 Å². The minimum atomic E-state index is -0.295. The van der Waals surface area contributed by atoms with Gasteiger partial charge in [0.05, 0.1) is 18.7 Å². The molecule has 0 spiro atoms. The molecule has 2 aromatic rings. The Labute approximate surface area is 158 Å². The van der Waals surface area contributed by atoms with Gasteiger partial charge in [0.1, 0.15) is 5.75 Å². The number of rotatable bonds is 5. The molecule has 0 atom stereocenters. The van der Waals surface area contributed by atoms with E-state index in [4.69, 9.17) is 4.74 Å². The van der Waals surface area contributed by atoms with Crippen LogP contribution in [-0.4, -0.2) is 29.8 Å². The number of nitrogens with zero attached hydrogens (tertiary/aromatic N) is 1. The number of carbonyl (C=O) groups is 2. The summed E-state index contributed by atoms with van der Waals surface area (Å²) in [6.45, 7) is 0.118. The fourth-order valence-corrected chi connectivity index (χ4v) is 3.52. The van der Waals surface area contributed by atoms with Crippen LogP contribution in [0.3, 0.4) is 0 Å². The molecular formula is C18H15BrN2O3S. The molecule has 0 unspecified atom stereocenters. The molecule has 2 amide bonds. The van der Waals surface area contributed by atoms with E-state index < -0.39 is 0 Å². The van der Waals surface area contributed by atoms with Gasteiger partial charge in [-0.2, -0.15) is 0 Å². The van der Waals surface area contributed by atoms with Crippen LogP contribution in [0.15, 0.2) is 57.9 Å². The number of amides is 2. The Kier molecular flexibility index (Phi) is 5.45. The summed E-state index contributed by atoms with van der Waals surface area (Å²) in [6.07, 6.45) is 1.73. The van der Waals surface area contributed by atoms with Crippen molar-refractivity contribution in [2.75, 3.05) is 19.1 Å². The van der Waals surface area contributed by atoms with Crippen molar-refractivity contribution in [2.45, 2.75) is 0 Å². The molecule has 1 aliphatic heterocycles. The van der Waals surface area contributed by atoms with Gasteiger partial charge in [0.15, 0.2) is 0 Å². The van der Waals surface area contributed by atoms with Crippen molar-refractivity contribution in [2.24, 2.45) is 0 Å². The smallest absolute Gasteiger partial charge is 0.295 e. The van der Waals surface area contributed by atoms with E-state index in [2.05, 4.69) is 21.2 Å². The summed E-state index contributed by atoms with van der Waals surface area (Å²) in [6, 6.07) is 14.8. The van der Waals surface area contributed by atoms with Crippen LogP contribution in [0.25, 0.3) is 6.08 Å². The molecule has 1 fully saturated rings. The van der Waals surface area contributed by atoms with E-state index in [0.29, 0.717) is 4.91 Å². The number of hydrogen-bond acceptors (Lipinski definition) is 5. The van der Waals surface area contributed by atoms with Crippen molar-refractivity contribution in [1.82, 2.24) is 4.90 Å². The molecule has 1 heterocycles. The summed E-state index contributed by atoms with van der Waals surface area (Å²) in [5, 5.41) is 2.79.